The summed E-state index contributed by atoms with van der Waals surface area (Å²) in [6, 6.07) is 6.94. The molecule has 19 heavy (non-hydrogen) atoms. The molecule has 1 saturated carbocycles. The number of hydrogen-bond acceptors (Lipinski definition) is 2. The normalized spacial score (nSPS) is 33.4. The first-order chi connectivity index (χ1) is 9.21. The van der Waals surface area contributed by atoms with Crippen molar-refractivity contribution in [3.8, 4) is 5.75 Å². The predicted octanol–water partition coefficient (Wildman–Crippen LogP) is 3.42. The molecular formula is C17H25NO. The van der Waals surface area contributed by atoms with Crippen LogP contribution in [0.5, 0.6) is 5.75 Å². The third kappa shape index (κ3) is 1.88. The number of rotatable bonds is 2. The fourth-order valence-electron chi connectivity index (χ4n) is 4.40. The Morgan fingerprint density at radius 3 is 2.95 bits per heavy atom. The van der Waals surface area contributed by atoms with Crippen molar-refractivity contribution in [3.05, 3.63) is 29.3 Å². The van der Waals surface area contributed by atoms with E-state index < -0.39 is 0 Å². The zero-order valence-electron chi connectivity index (χ0n) is 12.1. The van der Waals surface area contributed by atoms with Gasteiger partial charge in [0.25, 0.3) is 0 Å². The maximum Gasteiger partial charge on any atom is 0.119 e. The highest BCUT2D eigenvalue weighted by atomic mass is 16.5. The first kappa shape index (κ1) is 13.0. The number of benzene rings is 1. The monoisotopic (exact) mass is 259 g/mol. The number of fused-ring (bicyclic) bond motifs is 4. The van der Waals surface area contributed by atoms with E-state index in [-0.39, 0.29) is 5.41 Å². The van der Waals surface area contributed by atoms with Gasteiger partial charge in [-0.3, -0.25) is 0 Å². The second kappa shape index (κ2) is 4.82. The van der Waals surface area contributed by atoms with Crippen LogP contribution in [0.25, 0.3) is 0 Å². The van der Waals surface area contributed by atoms with Gasteiger partial charge in [-0.05, 0) is 54.9 Å². The van der Waals surface area contributed by atoms with E-state index in [1.165, 1.54) is 36.8 Å². The lowest BCUT2D eigenvalue weighted by atomic mass is 9.61. The minimum atomic E-state index is 0.184. The predicted molar refractivity (Wildman–Crippen MR) is 78.6 cm³/mol. The highest BCUT2D eigenvalue weighted by Gasteiger charge is 2.46. The molecule has 2 aliphatic rings. The molecule has 0 aromatic heterocycles. The minimum Gasteiger partial charge on any atom is -0.497 e. The molecule has 2 bridgehead atoms. The van der Waals surface area contributed by atoms with E-state index in [2.05, 4.69) is 25.1 Å². The molecule has 2 nitrogen and oxygen atoms in total. The molecule has 0 heterocycles. The van der Waals surface area contributed by atoms with Crippen LogP contribution in [0, 0.1) is 5.92 Å². The van der Waals surface area contributed by atoms with Crippen LogP contribution in [-0.4, -0.2) is 13.2 Å². The Bertz CT molecular complexity index is 470. The fourth-order valence-corrected chi connectivity index (χ4v) is 4.40. The summed E-state index contributed by atoms with van der Waals surface area (Å²) < 4.78 is 5.43. The maximum atomic E-state index is 6.70. The Balaban J connectivity index is 2.16. The average Bonchev–Trinajstić information content (AvgIpc) is 2.55. The topological polar surface area (TPSA) is 35.2 Å². The lowest BCUT2D eigenvalue weighted by Gasteiger charge is -2.46. The van der Waals surface area contributed by atoms with Gasteiger partial charge in [0.05, 0.1) is 7.11 Å². The van der Waals surface area contributed by atoms with Gasteiger partial charge < -0.3 is 10.5 Å². The molecule has 1 aromatic carbocycles. The highest BCUT2D eigenvalue weighted by molar-refractivity contribution is 5.45. The maximum absolute atomic E-state index is 6.70. The largest absolute Gasteiger partial charge is 0.497 e. The van der Waals surface area contributed by atoms with Gasteiger partial charge in [-0.2, -0.15) is 0 Å². The van der Waals surface area contributed by atoms with Gasteiger partial charge in [0.2, 0.25) is 0 Å². The second-order valence-corrected chi connectivity index (χ2v) is 6.27. The summed E-state index contributed by atoms with van der Waals surface area (Å²) >= 11 is 0. The van der Waals surface area contributed by atoms with Crippen LogP contribution >= 0.6 is 0 Å². The summed E-state index contributed by atoms with van der Waals surface area (Å²) in [4.78, 5) is 0. The molecule has 104 valence electrons. The summed E-state index contributed by atoms with van der Waals surface area (Å²) in [5, 5.41) is 0. The molecule has 1 unspecified atom stereocenters. The molecule has 3 rings (SSSR count). The molecule has 3 atom stereocenters. The number of ether oxygens (including phenoxy) is 1. The van der Waals surface area contributed by atoms with Crippen molar-refractivity contribution >= 4 is 0 Å². The fraction of sp³-hybridized carbons (Fsp3) is 0.647. The summed E-state index contributed by atoms with van der Waals surface area (Å²) in [7, 11) is 1.75. The van der Waals surface area contributed by atoms with Crippen LogP contribution in [0.3, 0.4) is 0 Å². The van der Waals surface area contributed by atoms with E-state index in [0.717, 1.165) is 18.6 Å². The summed E-state index contributed by atoms with van der Waals surface area (Å²) in [5.74, 6) is 1.64. The van der Waals surface area contributed by atoms with Crippen LogP contribution < -0.4 is 10.5 Å². The molecule has 0 aliphatic heterocycles. The Labute approximate surface area is 116 Å². The van der Waals surface area contributed by atoms with Crippen molar-refractivity contribution in [3.63, 3.8) is 0 Å². The first-order valence-corrected chi connectivity index (χ1v) is 7.64. The molecule has 1 aromatic rings. The molecule has 0 saturated heterocycles. The van der Waals surface area contributed by atoms with Gasteiger partial charge in [-0.1, -0.05) is 25.8 Å². The summed E-state index contributed by atoms with van der Waals surface area (Å²) in [5.41, 5.74) is 9.86. The zero-order valence-corrected chi connectivity index (χ0v) is 12.1. The van der Waals surface area contributed by atoms with Crippen molar-refractivity contribution in [1.82, 2.24) is 0 Å². The van der Waals surface area contributed by atoms with Crippen molar-refractivity contribution in [1.29, 1.82) is 0 Å². The van der Waals surface area contributed by atoms with Crippen molar-refractivity contribution in [2.75, 3.05) is 7.11 Å². The van der Waals surface area contributed by atoms with E-state index in [9.17, 15) is 0 Å². The SMILES string of the molecule is CC[C@@]12CCCCC(Cc3ccc(OC)cc31)[C@@H]2N. The van der Waals surface area contributed by atoms with E-state index in [4.69, 9.17) is 10.5 Å². The Morgan fingerprint density at radius 1 is 1.37 bits per heavy atom. The third-order valence-electron chi connectivity index (χ3n) is 5.56. The first-order valence-electron chi connectivity index (χ1n) is 7.64. The minimum absolute atomic E-state index is 0.184. The van der Waals surface area contributed by atoms with Gasteiger partial charge in [0, 0.05) is 11.5 Å². The van der Waals surface area contributed by atoms with Gasteiger partial charge in [0.1, 0.15) is 5.75 Å². The number of methoxy groups -OCH3 is 1. The Morgan fingerprint density at radius 2 is 2.21 bits per heavy atom. The molecule has 0 amide bonds. The van der Waals surface area contributed by atoms with Crippen molar-refractivity contribution < 1.29 is 4.74 Å². The molecule has 1 fully saturated rings. The average molecular weight is 259 g/mol. The van der Waals surface area contributed by atoms with Crippen molar-refractivity contribution in [2.24, 2.45) is 11.7 Å². The van der Waals surface area contributed by atoms with E-state index in [1.807, 2.05) is 0 Å². The molecule has 2 N–H and O–H groups in total. The lowest BCUT2D eigenvalue weighted by molar-refractivity contribution is 0.227. The molecule has 2 aliphatic carbocycles. The smallest absolute Gasteiger partial charge is 0.119 e. The number of nitrogens with two attached hydrogens (primary N) is 1. The van der Waals surface area contributed by atoms with Crippen LogP contribution in [0.2, 0.25) is 0 Å². The molecule has 0 radical (unpaired) electrons. The van der Waals surface area contributed by atoms with Gasteiger partial charge in [-0.15, -0.1) is 0 Å². The van der Waals surface area contributed by atoms with Crippen LogP contribution in [0.15, 0.2) is 18.2 Å². The molecular weight excluding hydrogens is 234 g/mol. The van der Waals surface area contributed by atoms with E-state index >= 15 is 0 Å². The zero-order chi connectivity index (χ0) is 13.5. The van der Waals surface area contributed by atoms with Crippen LogP contribution in [-0.2, 0) is 11.8 Å². The third-order valence-corrected chi connectivity index (χ3v) is 5.56. The van der Waals surface area contributed by atoms with E-state index in [0.29, 0.717) is 12.0 Å². The lowest BCUT2D eigenvalue weighted by Crippen LogP contribution is -2.52. The van der Waals surface area contributed by atoms with Gasteiger partial charge >= 0.3 is 0 Å². The Hall–Kier alpha value is -1.02. The van der Waals surface area contributed by atoms with Crippen LogP contribution in [0.1, 0.15) is 50.2 Å². The quantitative estimate of drug-likeness (QED) is 0.883. The summed E-state index contributed by atoms with van der Waals surface area (Å²) in [6.07, 6.45) is 7.49. The molecule has 2 heteroatoms. The van der Waals surface area contributed by atoms with E-state index in [1.54, 1.807) is 7.11 Å². The number of hydrogen-bond donors (Lipinski definition) is 1. The van der Waals surface area contributed by atoms with Crippen LogP contribution in [0.4, 0.5) is 0 Å². The van der Waals surface area contributed by atoms with Gasteiger partial charge in [0.15, 0.2) is 0 Å². The molecule has 0 spiro atoms. The van der Waals surface area contributed by atoms with Gasteiger partial charge in [-0.25, -0.2) is 0 Å². The second-order valence-electron chi connectivity index (χ2n) is 6.27. The van der Waals surface area contributed by atoms with Crippen molar-refractivity contribution in [2.45, 2.75) is 56.9 Å². The summed E-state index contributed by atoms with van der Waals surface area (Å²) in [6.45, 7) is 2.30. The highest BCUT2D eigenvalue weighted by Crippen LogP contribution is 2.49. The standard InChI is InChI=1S/C17H25NO/c1-3-17-9-5-4-6-13(16(17)18)10-12-7-8-14(19-2)11-15(12)17/h7-8,11,13,16H,3-6,9-10,18H2,1-2H3/t13?,16-,17+/m0/s1. The Kier molecular flexibility index (Phi) is 3.30.